The fourth-order valence-corrected chi connectivity index (χ4v) is 2.24. The van der Waals surface area contributed by atoms with E-state index < -0.39 is 0 Å². The fraction of sp³-hybridized carbons (Fsp3) is 0.647. The summed E-state index contributed by atoms with van der Waals surface area (Å²) in [5, 5.41) is 3.45. The largest absolute Gasteiger partial charge is 0.494 e. The van der Waals surface area contributed by atoms with Crippen molar-refractivity contribution < 1.29 is 4.74 Å². The molecule has 2 nitrogen and oxygen atoms in total. The minimum absolute atomic E-state index is 0.747. The van der Waals surface area contributed by atoms with Crippen molar-refractivity contribution in [2.45, 2.75) is 52.9 Å². The molecule has 0 aliphatic carbocycles. The van der Waals surface area contributed by atoms with Gasteiger partial charge >= 0.3 is 0 Å². The van der Waals surface area contributed by atoms with E-state index in [1.165, 1.54) is 36.8 Å². The van der Waals surface area contributed by atoms with Gasteiger partial charge in [-0.25, -0.2) is 0 Å². The average Bonchev–Trinajstić information content (AvgIpc) is 2.41. The van der Waals surface area contributed by atoms with Crippen molar-refractivity contribution in [3.05, 3.63) is 29.3 Å². The smallest absolute Gasteiger partial charge is 0.122 e. The van der Waals surface area contributed by atoms with Crippen molar-refractivity contribution in [2.24, 2.45) is 0 Å². The first-order chi connectivity index (χ1) is 9.27. The molecule has 0 aliphatic rings. The van der Waals surface area contributed by atoms with Crippen molar-refractivity contribution in [3.8, 4) is 5.75 Å². The van der Waals surface area contributed by atoms with Gasteiger partial charge in [-0.3, -0.25) is 0 Å². The molecule has 0 heterocycles. The first-order valence-corrected chi connectivity index (χ1v) is 7.71. The summed E-state index contributed by atoms with van der Waals surface area (Å²) < 4.78 is 5.69. The minimum Gasteiger partial charge on any atom is -0.494 e. The van der Waals surface area contributed by atoms with Gasteiger partial charge in [0.1, 0.15) is 5.75 Å². The first-order valence-electron chi connectivity index (χ1n) is 7.71. The van der Waals surface area contributed by atoms with Gasteiger partial charge in [0.25, 0.3) is 0 Å². The number of benzene rings is 1. The van der Waals surface area contributed by atoms with E-state index in [0.717, 1.165) is 31.9 Å². The lowest BCUT2D eigenvalue weighted by Crippen LogP contribution is -2.15. The molecule has 0 saturated carbocycles. The molecule has 1 aromatic carbocycles. The normalized spacial score (nSPS) is 10.7. The maximum atomic E-state index is 5.69. The third-order valence-corrected chi connectivity index (χ3v) is 3.24. The lowest BCUT2D eigenvalue weighted by Gasteiger charge is -2.11. The molecule has 0 spiro atoms. The van der Waals surface area contributed by atoms with E-state index in [9.17, 15) is 0 Å². The lowest BCUT2D eigenvalue weighted by molar-refractivity contribution is 0.336. The van der Waals surface area contributed by atoms with Crippen LogP contribution in [0.1, 0.15) is 50.7 Å². The summed E-state index contributed by atoms with van der Waals surface area (Å²) in [6.45, 7) is 9.44. The number of ether oxygens (including phenoxy) is 1. The van der Waals surface area contributed by atoms with Gasteiger partial charge in [-0.15, -0.1) is 0 Å². The van der Waals surface area contributed by atoms with Crippen LogP contribution >= 0.6 is 0 Å². The molecule has 0 amide bonds. The number of unbranched alkanes of at least 4 members (excludes halogenated alkanes) is 2. The van der Waals surface area contributed by atoms with Gasteiger partial charge in [-0.1, -0.05) is 31.0 Å². The lowest BCUT2D eigenvalue weighted by atomic mass is 10.0. The quantitative estimate of drug-likeness (QED) is 0.642. The Morgan fingerprint density at radius 3 is 2.63 bits per heavy atom. The maximum absolute atomic E-state index is 5.69. The molecular formula is C17H29NO. The molecule has 0 aromatic heterocycles. The Balaban J connectivity index is 2.29. The number of nitrogens with one attached hydrogen (secondary N) is 1. The Labute approximate surface area is 118 Å². The standard InChI is InChI=1S/C17H29NO/c1-4-12-18-13-8-6-7-9-16-14-15(3)10-11-17(16)19-5-2/h10-11,14,18H,4-9,12-13H2,1-3H3. The van der Waals surface area contributed by atoms with Crippen molar-refractivity contribution in [3.63, 3.8) is 0 Å². The molecule has 0 radical (unpaired) electrons. The van der Waals surface area contributed by atoms with E-state index in [2.05, 4.69) is 37.4 Å². The number of hydrogen-bond donors (Lipinski definition) is 1. The Hall–Kier alpha value is -1.02. The molecule has 108 valence electrons. The van der Waals surface area contributed by atoms with Gasteiger partial charge < -0.3 is 10.1 Å². The first kappa shape index (κ1) is 16.0. The molecule has 1 rings (SSSR count). The second-order valence-electron chi connectivity index (χ2n) is 5.10. The molecule has 0 saturated heterocycles. The molecule has 0 bridgehead atoms. The average molecular weight is 263 g/mol. The van der Waals surface area contributed by atoms with Gasteiger partial charge in [0.2, 0.25) is 0 Å². The summed E-state index contributed by atoms with van der Waals surface area (Å²) in [4.78, 5) is 0. The van der Waals surface area contributed by atoms with E-state index >= 15 is 0 Å². The highest BCUT2D eigenvalue weighted by Gasteiger charge is 2.03. The Morgan fingerprint density at radius 1 is 1.05 bits per heavy atom. The topological polar surface area (TPSA) is 21.3 Å². The molecule has 0 unspecified atom stereocenters. The highest BCUT2D eigenvalue weighted by molar-refractivity contribution is 5.36. The predicted octanol–water partition coefficient (Wildman–Crippen LogP) is 4.11. The van der Waals surface area contributed by atoms with E-state index in [1.54, 1.807) is 0 Å². The van der Waals surface area contributed by atoms with Gasteiger partial charge in [0, 0.05) is 0 Å². The fourth-order valence-electron chi connectivity index (χ4n) is 2.24. The Bertz CT molecular complexity index is 349. The van der Waals surface area contributed by atoms with Crippen LogP contribution in [0.4, 0.5) is 0 Å². The van der Waals surface area contributed by atoms with Crippen LogP contribution in [-0.2, 0) is 6.42 Å². The monoisotopic (exact) mass is 263 g/mol. The van der Waals surface area contributed by atoms with Gasteiger partial charge in [-0.05, 0) is 64.3 Å². The van der Waals surface area contributed by atoms with Crippen LogP contribution in [-0.4, -0.2) is 19.7 Å². The van der Waals surface area contributed by atoms with Crippen LogP contribution in [0.5, 0.6) is 5.75 Å². The second-order valence-corrected chi connectivity index (χ2v) is 5.10. The molecule has 0 atom stereocenters. The van der Waals surface area contributed by atoms with Crippen LogP contribution < -0.4 is 10.1 Å². The number of aryl methyl sites for hydroxylation is 2. The highest BCUT2D eigenvalue weighted by Crippen LogP contribution is 2.22. The molecule has 1 aromatic rings. The maximum Gasteiger partial charge on any atom is 0.122 e. The van der Waals surface area contributed by atoms with Crippen molar-refractivity contribution >= 4 is 0 Å². The zero-order valence-corrected chi connectivity index (χ0v) is 12.8. The summed E-state index contributed by atoms with van der Waals surface area (Å²) in [5.41, 5.74) is 2.69. The van der Waals surface area contributed by atoms with Crippen LogP contribution in [0.15, 0.2) is 18.2 Å². The third kappa shape index (κ3) is 6.63. The zero-order valence-electron chi connectivity index (χ0n) is 12.8. The number of hydrogen-bond acceptors (Lipinski definition) is 2. The summed E-state index contributed by atoms with van der Waals surface area (Å²) in [5.74, 6) is 1.07. The third-order valence-electron chi connectivity index (χ3n) is 3.24. The summed E-state index contributed by atoms with van der Waals surface area (Å²) >= 11 is 0. The molecule has 19 heavy (non-hydrogen) atoms. The number of rotatable bonds is 10. The summed E-state index contributed by atoms with van der Waals surface area (Å²) in [7, 11) is 0. The van der Waals surface area contributed by atoms with E-state index in [-0.39, 0.29) is 0 Å². The van der Waals surface area contributed by atoms with E-state index in [0.29, 0.717) is 0 Å². The van der Waals surface area contributed by atoms with Gasteiger partial charge in [0.05, 0.1) is 6.61 Å². The Kier molecular flexibility index (Phi) is 8.31. The predicted molar refractivity (Wildman–Crippen MR) is 83.1 cm³/mol. The Morgan fingerprint density at radius 2 is 1.89 bits per heavy atom. The van der Waals surface area contributed by atoms with E-state index in [4.69, 9.17) is 4.74 Å². The van der Waals surface area contributed by atoms with E-state index in [1.807, 2.05) is 6.92 Å². The van der Waals surface area contributed by atoms with Crippen LogP contribution in [0.3, 0.4) is 0 Å². The van der Waals surface area contributed by atoms with Crippen molar-refractivity contribution in [1.29, 1.82) is 0 Å². The zero-order chi connectivity index (χ0) is 13.9. The molecule has 2 heteroatoms. The van der Waals surface area contributed by atoms with Crippen LogP contribution in [0.25, 0.3) is 0 Å². The van der Waals surface area contributed by atoms with Crippen LogP contribution in [0.2, 0.25) is 0 Å². The van der Waals surface area contributed by atoms with Gasteiger partial charge in [0.15, 0.2) is 0 Å². The SMILES string of the molecule is CCCNCCCCCc1cc(C)ccc1OCC. The highest BCUT2D eigenvalue weighted by atomic mass is 16.5. The molecular weight excluding hydrogens is 234 g/mol. The van der Waals surface area contributed by atoms with Crippen molar-refractivity contribution in [2.75, 3.05) is 19.7 Å². The van der Waals surface area contributed by atoms with Crippen molar-refractivity contribution in [1.82, 2.24) is 5.32 Å². The summed E-state index contributed by atoms with van der Waals surface area (Å²) in [6, 6.07) is 6.50. The minimum atomic E-state index is 0.747. The molecule has 1 N–H and O–H groups in total. The van der Waals surface area contributed by atoms with Crippen LogP contribution in [0, 0.1) is 6.92 Å². The summed E-state index contributed by atoms with van der Waals surface area (Å²) in [6.07, 6.45) is 6.16. The van der Waals surface area contributed by atoms with Gasteiger partial charge in [-0.2, -0.15) is 0 Å². The molecule has 0 aliphatic heterocycles. The second kappa shape index (κ2) is 9.85. The molecule has 0 fully saturated rings.